The third-order valence-corrected chi connectivity index (χ3v) is 5.19. The number of aromatic amines is 1. The van der Waals surface area contributed by atoms with Crippen molar-refractivity contribution in [2.45, 2.75) is 57.6 Å². The molecule has 0 radical (unpaired) electrons. The summed E-state index contributed by atoms with van der Waals surface area (Å²) >= 11 is 0. The molecule has 1 aliphatic heterocycles. The van der Waals surface area contributed by atoms with Crippen molar-refractivity contribution < 1.29 is 9.90 Å². The van der Waals surface area contributed by atoms with E-state index in [-0.39, 0.29) is 5.91 Å². The number of rotatable bonds is 3. The molecule has 2 fully saturated rings. The van der Waals surface area contributed by atoms with Crippen molar-refractivity contribution in [2.24, 2.45) is 0 Å². The lowest BCUT2D eigenvalue weighted by atomic mass is 9.85. The summed E-state index contributed by atoms with van der Waals surface area (Å²) in [6.45, 7) is 4.89. The molecule has 0 bridgehead atoms. The fraction of sp³-hybridized carbons (Fsp3) is 0.765. The van der Waals surface area contributed by atoms with Crippen LogP contribution in [0.2, 0.25) is 0 Å². The van der Waals surface area contributed by atoms with Gasteiger partial charge in [0.15, 0.2) is 0 Å². The van der Waals surface area contributed by atoms with Gasteiger partial charge < -0.3 is 10.0 Å². The molecule has 0 spiro atoms. The number of aliphatic hydroxyl groups excluding tert-OH is 1. The summed E-state index contributed by atoms with van der Waals surface area (Å²) in [5.41, 5.74) is 2.53. The van der Waals surface area contributed by atoms with Crippen LogP contribution in [-0.4, -0.2) is 63.3 Å². The summed E-state index contributed by atoms with van der Waals surface area (Å²) in [5.74, 6) is 0.643. The smallest absolute Gasteiger partial charge is 0.219 e. The van der Waals surface area contributed by atoms with Crippen LogP contribution >= 0.6 is 0 Å². The third kappa shape index (κ3) is 4.12. The van der Waals surface area contributed by atoms with Crippen molar-refractivity contribution in [1.82, 2.24) is 20.0 Å². The lowest BCUT2D eigenvalue weighted by molar-refractivity contribution is -0.129. The molecule has 2 aliphatic rings. The van der Waals surface area contributed by atoms with Gasteiger partial charge >= 0.3 is 0 Å². The Bertz CT molecular complexity index is 524. The number of aliphatic hydroxyl groups is 1. The molecule has 1 aromatic rings. The van der Waals surface area contributed by atoms with Gasteiger partial charge in [0.1, 0.15) is 0 Å². The molecule has 0 aromatic carbocycles. The Morgan fingerprint density at radius 3 is 2.83 bits per heavy atom. The molecule has 6 heteroatoms. The van der Waals surface area contributed by atoms with Gasteiger partial charge in [-0.05, 0) is 12.8 Å². The number of hydrogen-bond acceptors (Lipinski definition) is 4. The highest BCUT2D eigenvalue weighted by atomic mass is 16.3. The number of hydrogen-bond donors (Lipinski definition) is 2. The van der Waals surface area contributed by atoms with Gasteiger partial charge in [-0.1, -0.05) is 19.3 Å². The highest BCUT2D eigenvalue weighted by Gasteiger charge is 2.25. The van der Waals surface area contributed by atoms with Crippen LogP contribution in [-0.2, 0) is 11.3 Å². The van der Waals surface area contributed by atoms with Crippen LogP contribution in [0.1, 0.15) is 56.2 Å². The maximum Gasteiger partial charge on any atom is 0.219 e. The summed E-state index contributed by atoms with van der Waals surface area (Å²) in [5, 5.41) is 17.7. The first-order chi connectivity index (χ1) is 11.1. The van der Waals surface area contributed by atoms with E-state index < -0.39 is 6.10 Å². The van der Waals surface area contributed by atoms with E-state index in [1.807, 2.05) is 6.20 Å². The molecule has 1 aliphatic carbocycles. The minimum Gasteiger partial charge on any atom is -0.390 e. The van der Waals surface area contributed by atoms with Gasteiger partial charge in [-0.25, -0.2) is 0 Å². The lowest BCUT2D eigenvalue weighted by Gasteiger charge is -2.24. The Balaban J connectivity index is 1.65. The molecule has 3 rings (SSSR count). The first-order valence-corrected chi connectivity index (χ1v) is 8.81. The van der Waals surface area contributed by atoms with Gasteiger partial charge in [-0.2, -0.15) is 5.10 Å². The predicted molar refractivity (Wildman–Crippen MR) is 88.0 cm³/mol. The third-order valence-electron chi connectivity index (χ3n) is 5.19. The molecule has 1 atom stereocenters. The number of nitrogens with zero attached hydrogens (tertiary/aromatic N) is 3. The van der Waals surface area contributed by atoms with Gasteiger partial charge in [0, 0.05) is 56.8 Å². The van der Waals surface area contributed by atoms with Gasteiger partial charge in [-0.15, -0.1) is 0 Å². The van der Waals surface area contributed by atoms with Crippen molar-refractivity contribution in [3.8, 4) is 0 Å². The highest BCUT2D eigenvalue weighted by Crippen LogP contribution is 2.33. The molecule has 0 unspecified atom stereocenters. The molecule has 1 saturated carbocycles. The standard InChI is InChI=1S/C17H28N4O2/c1-13(22)21-8-7-20(11-16(23)12-21)10-15-9-18-19-17(15)14-5-3-2-4-6-14/h9,14,16,23H,2-8,10-12H2,1H3,(H,18,19)/t16-/m0/s1. The van der Waals surface area contributed by atoms with Crippen LogP contribution in [0.4, 0.5) is 0 Å². The molecular formula is C17H28N4O2. The zero-order valence-corrected chi connectivity index (χ0v) is 14.0. The zero-order valence-electron chi connectivity index (χ0n) is 14.0. The topological polar surface area (TPSA) is 72.5 Å². The first kappa shape index (κ1) is 16.5. The lowest BCUT2D eigenvalue weighted by Crippen LogP contribution is -2.36. The van der Waals surface area contributed by atoms with E-state index in [1.165, 1.54) is 43.4 Å². The highest BCUT2D eigenvalue weighted by molar-refractivity contribution is 5.73. The van der Waals surface area contributed by atoms with E-state index in [4.69, 9.17) is 0 Å². The van der Waals surface area contributed by atoms with Gasteiger partial charge in [0.2, 0.25) is 5.91 Å². The Kier molecular flexibility index (Phi) is 5.33. The molecular weight excluding hydrogens is 292 g/mol. The Morgan fingerprint density at radius 1 is 1.30 bits per heavy atom. The van der Waals surface area contributed by atoms with Crippen LogP contribution in [0.15, 0.2) is 6.20 Å². The van der Waals surface area contributed by atoms with E-state index >= 15 is 0 Å². The minimum atomic E-state index is -0.480. The van der Waals surface area contributed by atoms with Crippen molar-refractivity contribution in [3.63, 3.8) is 0 Å². The van der Waals surface area contributed by atoms with E-state index in [0.717, 1.165) is 13.1 Å². The predicted octanol–water partition coefficient (Wildman–Crippen LogP) is 1.48. The zero-order chi connectivity index (χ0) is 16.2. The molecule has 2 N–H and O–H groups in total. The van der Waals surface area contributed by atoms with Gasteiger partial charge in [0.25, 0.3) is 0 Å². The molecule has 1 aromatic heterocycles. The van der Waals surface area contributed by atoms with Crippen molar-refractivity contribution in [2.75, 3.05) is 26.2 Å². The summed E-state index contributed by atoms with van der Waals surface area (Å²) in [6, 6.07) is 0. The van der Waals surface area contributed by atoms with Crippen molar-refractivity contribution in [1.29, 1.82) is 0 Å². The number of β-amino-alcohol motifs (C(OH)–C–C–N with tert-alkyl or cyclic N) is 1. The van der Waals surface area contributed by atoms with Crippen molar-refractivity contribution >= 4 is 5.91 Å². The average Bonchev–Trinajstić information content (AvgIpc) is 2.91. The number of amides is 1. The van der Waals surface area contributed by atoms with Crippen LogP contribution in [0, 0.1) is 0 Å². The van der Waals surface area contributed by atoms with E-state index in [0.29, 0.717) is 25.6 Å². The SMILES string of the molecule is CC(=O)N1CCN(Cc2cn[nH]c2C2CCCCC2)C[C@H](O)C1. The average molecular weight is 320 g/mol. The number of carbonyl (C=O) groups is 1. The maximum absolute atomic E-state index is 11.6. The fourth-order valence-corrected chi connectivity index (χ4v) is 3.92. The second-order valence-electron chi connectivity index (χ2n) is 7.00. The molecule has 128 valence electrons. The maximum atomic E-state index is 11.6. The van der Waals surface area contributed by atoms with E-state index in [9.17, 15) is 9.90 Å². The van der Waals surface area contributed by atoms with E-state index in [2.05, 4.69) is 15.1 Å². The number of H-pyrrole nitrogens is 1. The number of carbonyl (C=O) groups excluding carboxylic acids is 1. The second kappa shape index (κ2) is 7.45. The van der Waals surface area contributed by atoms with Crippen LogP contribution in [0.5, 0.6) is 0 Å². The summed E-state index contributed by atoms with van der Waals surface area (Å²) in [4.78, 5) is 15.5. The van der Waals surface area contributed by atoms with Crippen LogP contribution in [0.3, 0.4) is 0 Å². The minimum absolute atomic E-state index is 0.0390. The Morgan fingerprint density at radius 2 is 2.09 bits per heavy atom. The van der Waals surface area contributed by atoms with Gasteiger partial charge in [-0.3, -0.25) is 14.8 Å². The van der Waals surface area contributed by atoms with E-state index in [1.54, 1.807) is 11.8 Å². The number of aromatic nitrogens is 2. The fourth-order valence-electron chi connectivity index (χ4n) is 3.92. The summed E-state index contributed by atoms with van der Waals surface area (Å²) in [7, 11) is 0. The van der Waals surface area contributed by atoms with Crippen molar-refractivity contribution in [3.05, 3.63) is 17.5 Å². The monoisotopic (exact) mass is 320 g/mol. The first-order valence-electron chi connectivity index (χ1n) is 8.81. The number of nitrogens with one attached hydrogen (secondary N) is 1. The Labute approximate surface area is 137 Å². The quantitative estimate of drug-likeness (QED) is 0.885. The normalized spacial score (nSPS) is 24.6. The molecule has 1 saturated heterocycles. The molecule has 2 heterocycles. The van der Waals surface area contributed by atoms with Gasteiger partial charge in [0.05, 0.1) is 12.3 Å². The second-order valence-corrected chi connectivity index (χ2v) is 7.00. The Hall–Kier alpha value is -1.40. The molecule has 23 heavy (non-hydrogen) atoms. The summed E-state index contributed by atoms with van der Waals surface area (Å²) in [6.07, 6.45) is 7.90. The van der Waals surface area contributed by atoms with Crippen LogP contribution in [0.25, 0.3) is 0 Å². The largest absolute Gasteiger partial charge is 0.390 e. The molecule has 1 amide bonds. The summed E-state index contributed by atoms with van der Waals surface area (Å²) < 4.78 is 0. The van der Waals surface area contributed by atoms with Crippen LogP contribution < -0.4 is 0 Å². The molecule has 6 nitrogen and oxygen atoms in total.